The molecule has 0 aromatic heterocycles. The third-order valence-corrected chi connectivity index (χ3v) is 3.63. The van der Waals surface area contributed by atoms with Crippen LogP contribution in [0.15, 0.2) is 51.4 Å². The summed E-state index contributed by atoms with van der Waals surface area (Å²) >= 11 is 12.8. The van der Waals surface area contributed by atoms with E-state index >= 15 is 0 Å². The van der Waals surface area contributed by atoms with Crippen molar-refractivity contribution in [3.8, 4) is 5.75 Å². The van der Waals surface area contributed by atoms with E-state index in [4.69, 9.17) is 27.9 Å². The second-order valence-electron chi connectivity index (χ2n) is 4.07. The van der Waals surface area contributed by atoms with Crippen molar-refractivity contribution in [3.63, 3.8) is 0 Å². The highest BCUT2D eigenvalue weighted by Crippen LogP contribution is 2.19. The van der Waals surface area contributed by atoms with Gasteiger partial charge in [-0.25, -0.2) is 0 Å². The Bertz CT molecular complexity index is 434. The molecule has 0 N–H and O–H groups in total. The van der Waals surface area contributed by atoms with Gasteiger partial charge in [0.05, 0.1) is 0 Å². The molecule has 0 bridgehead atoms. The first-order valence-electron chi connectivity index (χ1n) is 6.05. The molecule has 1 aromatic carbocycles. The van der Waals surface area contributed by atoms with E-state index in [-0.39, 0.29) is 0 Å². The van der Waals surface area contributed by atoms with Gasteiger partial charge < -0.3 is 4.74 Å². The van der Waals surface area contributed by atoms with Crippen LogP contribution in [0.2, 0.25) is 0 Å². The summed E-state index contributed by atoms with van der Waals surface area (Å²) in [5, 5.41) is 0. The Morgan fingerprint density at radius 1 is 1.21 bits per heavy atom. The van der Waals surface area contributed by atoms with Gasteiger partial charge in [-0.05, 0) is 56.4 Å². The molecule has 0 spiro atoms. The summed E-state index contributed by atoms with van der Waals surface area (Å²) in [6.45, 7) is 2.67. The minimum Gasteiger partial charge on any atom is -0.490 e. The van der Waals surface area contributed by atoms with Crippen LogP contribution in [-0.4, -0.2) is 12.9 Å². The summed E-state index contributed by atoms with van der Waals surface area (Å²) in [6, 6.07) is 8.10. The van der Waals surface area contributed by atoms with Crippen LogP contribution in [0, 0.1) is 0 Å². The zero-order chi connectivity index (χ0) is 14.1. The second-order valence-corrected chi connectivity index (χ2v) is 5.96. The highest BCUT2D eigenvalue weighted by atomic mass is 35.5. The lowest BCUT2D eigenvalue weighted by Gasteiger charge is -2.05. The fourth-order valence-corrected chi connectivity index (χ4v) is 2.09. The molecule has 104 valence electrons. The maximum absolute atomic E-state index is 5.65. The van der Waals surface area contributed by atoms with Gasteiger partial charge in [-0.15, -0.1) is 11.8 Å². The Balaban J connectivity index is 2.33. The largest absolute Gasteiger partial charge is 0.490 e. The molecule has 0 heterocycles. The lowest BCUT2D eigenvalue weighted by atomic mass is 10.1. The van der Waals surface area contributed by atoms with E-state index in [0.717, 1.165) is 18.6 Å². The van der Waals surface area contributed by atoms with Gasteiger partial charge in [-0.1, -0.05) is 34.9 Å². The van der Waals surface area contributed by atoms with Crippen molar-refractivity contribution in [2.75, 3.05) is 12.9 Å². The molecule has 19 heavy (non-hydrogen) atoms. The summed E-state index contributed by atoms with van der Waals surface area (Å²) in [6.07, 6.45) is 7.75. The van der Waals surface area contributed by atoms with Gasteiger partial charge in [-0.2, -0.15) is 0 Å². The quantitative estimate of drug-likeness (QED) is 0.462. The molecule has 0 unspecified atom stereocenters. The maximum Gasteiger partial charge on any atom is 0.119 e. The fourth-order valence-electron chi connectivity index (χ4n) is 1.46. The normalized spacial score (nSPS) is 11.3. The number of hydrogen-bond donors (Lipinski definition) is 0. The maximum atomic E-state index is 5.65. The predicted octanol–water partition coefficient (Wildman–Crippen LogP) is 5.83. The number of benzene rings is 1. The van der Waals surface area contributed by atoms with Crippen molar-refractivity contribution in [3.05, 3.63) is 46.5 Å². The van der Waals surface area contributed by atoms with E-state index in [1.807, 2.05) is 18.2 Å². The summed E-state index contributed by atoms with van der Waals surface area (Å²) in [5.74, 6) is 0.894. The molecule has 0 saturated carbocycles. The first-order valence-corrected chi connectivity index (χ1v) is 8.03. The average Bonchev–Trinajstić information content (AvgIpc) is 2.39. The molecule has 1 rings (SSSR count). The Labute approximate surface area is 129 Å². The van der Waals surface area contributed by atoms with E-state index in [0.29, 0.717) is 11.1 Å². The Hall–Kier alpha value is -0.570. The van der Waals surface area contributed by atoms with Crippen LogP contribution in [0.25, 0.3) is 0 Å². The van der Waals surface area contributed by atoms with Crippen molar-refractivity contribution in [2.24, 2.45) is 0 Å². The van der Waals surface area contributed by atoms with Crippen LogP contribution in [0.1, 0.15) is 19.8 Å². The number of hydrogen-bond acceptors (Lipinski definition) is 2. The van der Waals surface area contributed by atoms with Crippen LogP contribution in [0.4, 0.5) is 0 Å². The molecule has 0 amide bonds. The van der Waals surface area contributed by atoms with Crippen molar-refractivity contribution in [2.45, 2.75) is 24.7 Å². The van der Waals surface area contributed by atoms with E-state index in [2.05, 4.69) is 31.4 Å². The van der Waals surface area contributed by atoms with E-state index in [1.54, 1.807) is 11.8 Å². The van der Waals surface area contributed by atoms with Crippen LogP contribution in [-0.2, 0) is 0 Å². The minimum absolute atomic E-state index is 0.331. The van der Waals surface area contributed by atoms with Crippen molar-refractivity contribution in [1.82, 2.24) is 0 Å². The van der Waals surface area contributed by atoms with Gasteiger partial charge in [0.25, 0.3) is 0 Å². The summed E-state index contributed by atoms with van der Waals surface area (Å²) < 4.78 is 5.98. The summed E-state index contributed by atoms with van der Waals surface area (Å²) in [4.78, 5) is 1.24. The van der Waals surface area contributed by atoms with Gasteiger partial charge in [0.2, 0.25) is 0 Å². The van der Waals surface area contributed by atoms with E-state index in [9.17, 15) is 0 Å². The molecule has 4 heteroatoms. The average molecular weight is 317 g/mol. The number of ether oxygens (including phenoxy) is 1. The van der Waals surface area contributed by atoms with Crippen LogP contribution in [0.3, 0.4) is 0 Å². The van der Waals surface area contributed by atoms with Crippen molar-refractivity contribution in [1.29, 1.82) is 0 Å². The Morgan fingerprint density at radius 3 is 2.47 bits per heavy atom. The third-order valence-electron chi connectivity index (χ3n) is 2.58. The molecule has 0 radical (unpaired) electrons. The zero-order valence-corrected chi connectivity index (χ0v) is 13.5. The minimum atomic E-state index is 0.331. The molecule has 0 aliphatic carbocycles. The number of thioether (sulfide) groups is 1. The predicted molar refractivity (Wildman–Crippen MR) is 86.5 cm³/mol. The topological polar surface area (TPSA) is 9.23 Å². The van der Waals surface area contributed by atoms with Crippen molar-refractivity contribution < 1.29 is 4.74 Å². The Kier molecular flexibility index (Phi) is 8.11. The molecule has 0 saturated heterocycles. The number of rotatable bonds is 7. The fraction of sp³-hybridized carbons (Fsp3) is 0.333. The summed E-state index contributed by atoms with van der Waals surface area (Å²) in [7, 11) is 0. The molecule has 1 nitrogen and oxygen atoms in total. The molecule has 0 aliphatic heterocycles. The van der Waals surface area contributed by atoms with Gasteiger partial charge >= 0.3 is 0 Å². The molecule has 0 aliphatic rings. The first-order chi connectivity index (χ1) is 9.11. The van der Waals surface area contributed by atoms with Crippen LogP contribution < -0.4 is 4.74 Å². The molecular formula is C15H18Cl2OS. The highest BCUT2D eigenvalue weighted by molar-refractivity contribution is 7.98. The highest BCUT2D eigenvalue weighted by Gasteiger charge is 1.94. The lowest BCUT2D eigenvalue weighted by molar-refractivity contribution is 0.361. The monoisotopic (exact) mass is 316 g/mol. The third kappa shape index (κ3) is 7.56. The van der Waals surface area contributed by atoms with Crippen LogP contribution >= 0.6 is 35.0 Å². The van der Waals surface area contributed by atoms with Gasteiger partial charge in [-0.3, -0.25) is 0 Å². The second kappa shape index (κ2) is 9.35. The van der Waals surface area contributed by atoms with Gasteiger partial charge in [0, 0.05) is 4.90 Å². The summed E-state index contributed by atoms with van der Waals surface area (Å²) in [5.41, 5.74) is 1.27. The molecule has 1 aromatic rings. The SMILES string of the molecule is CSc1ccc(OC/C=C(\C)CCC=C(Cl)Cl)cc1. The van der Waals surface area contributed by atoms with E-state index < -0.39 is 0 Å². The molecule has 0 fully saturated rings. The van der Waals surface area contributed by atoms with Crippen LogP contribution in [0.5, 0.6) is 5.75 Å². The molecule has 0 atom stereocenters. The molecular weight excluding hydrogens is 299 g/mol. The number of allylic oxidation sites excluding steroid dienone is 2. The van der Waals surface area contributed by atoms with Gasteiger partial charge in [0.1, 0.15) is 16.8 Å². The van der Waals surface area contributed by atoms with Crippen molar-refractivity contribution >= 4 is 35.0 Å². The lowest BCUT2D eigenvalue weighted by Crippen LogP contribution is -1.94. The van der Waals surface area contributed by atoms with E-state index in [1.165, 1.54) is 10.5 Å². The smallest absolute Gasteiger partial charge is 0.119 e. The number of halogens is 2. The standard InChI is InChI=1S/C15H18Cl2OS/c1-12(4-3-5-15(16)17)10-11-18-13-6-8-14(19-2)9-7-13/h5-10H,3-4,11H2,1-2H3/b12-10+. The Morgan fingerprint density at radius 2 is 1.89 bits per heavy atom. The first kappa shape index (κ1) is 16.5. The van der Waals surface area contributed by atoms with Gasteiger partial charge in [0.15, 0.2) is 0 Å². The zero-order valence-electron chi connectivity index (χ0n) is 11.2.